The smallest absolute Gasteiger partial charge is 0.235 e. The van der Waals surface area contributed by atoms with Gasteiger partial charge in [-0.3, -0.25) is 4.57 Å². The van der Waals surface area contributed by atoms with Crippen LogP contribution in [0.3, 0.4) is 0 Å². The quantitative estimate of drug-likeness (QED) is 0.184. The van der Waals surface area contributed by atoms with E-state index < -0.39 is 0 Å². The maximum Gasteiger partial charge on any atom is 0.235 e. The molecule has 0 N–H and O–H groups in total. The lowest BCUT2D eigenvalue weighted by Crippen LogP contribution is -2.03. The van der Waals surface area contributed by atoms with E-state index >= 15 is 0 Å². The van der Waals surface area contributed by atoms with Crippen LogP contribution in [-0.2, 0) is 0 Å². The highest BCUT2D eigenvalue weighted by atomic mass is 15.2. The van der Waals surface area contributed by atoms with Gasteiger partial charge in [0, 0.05) is 59.7 Å². The molecule has 0 atom stereocenters. The first kappa shape index (κ1) is 29.0. The van der Waals surface area contributed by atoms with Crippen molar-refractivity contribution in [2.75, 3.05) is 0 Å². The predicted molar refractivity (Wildman–Crippen MR) is 228 cm³/mol. The molecule has 254 valence electrons. The molecule has 5 nitrogen and oxygen atoms in total. The van der Waals surface area contributed by atoms with E-state index in [0.29, 0.717) is 5.95 Å². The molecule has 0 spiro atoms. The van der Waals surface area contributed by atoms with Crippen LogP contribution in [0.1, 0.15) is 0 Å². The van der Waals surface area contributed by atoms with Gasteiger partial charge < -0.3 is 8.97 Å². The number of hydrogen-bond donors (Lipinski definition) is 0. The molecule has 5 heterocycles. The fraction of sp³-hybridized carbons (Fsp3) is 0. The van der Waals surface area contributed by atoms with E-state index in [1.165, 1.54) is 65.2 Å². The van der Waals surface area contributed by atoms with Crippen molar-refractivity contribution in [1.29, 1.82) is 0 Å². The van der Waals surface area contributed by atoms with Crippen molar-refractivity contribution < 1.29 is 0 Å². The molecule has 0 unspecified atom stereocenters. The normalized spacial score (nSPS) is 12.4. The van der Waals surface area contributed by atoms with Gasteiger partial charge in [-0.05, 0) is 54.6 Å². The van der Waals surface area contributed by atoms with Crippen molar-refractivity contribution in [3.63, 3.8) is 0 Å². The summed E-state index contributed by atoms with van der Waals surface area (Å²) in [4.78, 5) is 11.0. The van der Waals surface area contributed by atoms with E-state index in [2.05, 4.69) is 189 Å². The third-order valence-corrected chi connectivity index (χ3v) is 11.8. The van der Waals surface area contributed by atoms with Crippen LogP contribution >= 0.6 is 0 Å². The third kappa shape index (κ3) is 3.76. The molecule has 5 heteroatoms. The number of fused-ring (bicyclic) bond motifs is 14. The summed E-state index contributed by atoms with van der Waals surface area (Å²) in [5, 5.41) is 10.8. The Hall–Kier alpha value is -7.50. The highest BCUT2D eigenvalue weighted by Gasteiger charge is 2.25. The van der Waals surface area contributed by atoms with Gasteiger partial charge in [0.1, 0.15) is 0 Å². The molecule has 13 rings (SSSR count). The van der Waals surface area contributed by atoms with Gasteiger partial charge in [0.15, 0.2) is 0 Å². The molecule has 0 fully saturated rings. The van der Waals surface area contributed by atoms with Crippen molar-refractivity contribution >= 4 is 92.6 Å². The van der Waals surface area contributed by atoms with Crippen molar-refractivity contribution in [3.8, 4) is 22.9 Å². The summed E-state index contributed by atoms with van der Waals surface area (Å²) < 4.78 is 7.14. The second-order valence-electron chi connectivity index (χ2n) is 14.6. The SMILES string of the molecule is c1ccc(-n2c3ccccc3c3ccc(-c4nc(-n5c6ccccc6c6cc7c8ccccc8n8c9ccccc9c(c65)c78)nc5ccccc45)cc32)cc1. The summed E-state index contributed by atoms with van der Waals surface area (Å²) >= 11 is 0. The van der Waals surface area contributed by atoms with Crippen LogP contribution in [0.25, 0.3) is 116 Å². The molecule has 0 radical (unpaired) electrons. The first-order chi connectivity index (χ1) is 27.3. The fourth-order valence-corrected chi connectivity index (χ4v) is 9.52. The minimum absolute atomic E-state index is 0.659. The Morgan fingerprint density at radius 2 is 0.891 bits per heavy atom. The molecule has 55 heavy (non-hydrogen) atoms. The Bertz CT molecular complexity index is 3720. The topological polar surface area (TPSA) is 40.0 Å². The molecule has 5 aromatic heterocycles. The molecule has 0 aliphatic heterocycles. The van der Waals surface area contributed by atoms with Gasteiger partial charge in [0.2, 0.25) is 5.95 Å². The van der Waals surface area contributed by atoms with Gasteiger partial charge in [0.05, 0.1) is 49.8 Å². The maximum atomic E-state index is 5.58. The highest BCUT2D eigenvalue weighted by Crippen LogP contribution is 2.46. The van der Waals surface area contributed by atoms with E-state index in [0.717, 1.165) is 44.4 Å². The number of benzene rings is 8. The number of nitrogens with zero attached hydrogens (tertiary/aromatic N) is 5. The van der Waals surface area contributed by atoms with Crippen LogP contribution in [0.15, 0.2) is 176 Å². The van der Waals surface area contributed by atoms with E-state index in [-0.39, 0.29) is 0 Å². The van der Waals surface area contributed by atoms with Gasteiger partial charge in [0.25, 0.3) is 0 Å². The summed E-state index contributed by atoms with van der Waals surface area (Å²) in [7, 11) is 0. The van der Waals surface area contributed by atoms with Gasteiger partial charge >= 0.3 is 0 Å². The molecular weight excluding hydrogens is 671 g/mol. The maximum absolute atomic E-state index is 5.58. The lowest BCUT2D eigenvalue weighted by Gasteiger charge is -2.13. The number of para-hydroxylation sites is 6. The van der Waals surface area contributed by atoms with Crippen molar-refractivity contribution in [3.05, 3.63) is 176 Å². The van der Waals surface area contributed by atoms with Crippen LogP contribution in [-0.4, -0.2) is 23.5 Å². The summed E-state index contributed by atoms with van der Waals surface area (Å²) in [5.74, 6) is 0.659. The molecule has 0 amide bonds. The Morgan fingerprint density at radius 1 is 0.345 bits per heavy atom. The number of hydrogen-bond acceptors (Lipinski definition) is 2. The van der Waals surface area contributed by atoms with Gasteiger partial charge in [-0.2, -0.15) is 0 Å². The second kappa shape index (κ2) is 10.6. The molecule has 13 aromatic rings. The first-order valence-electron chi connectivity index (χ1n) is 18.8. The van der Waals surface area contributed by atoms with Gasteiger partial charge in [-0.15, -0.1) is 0 Å². The average Bonchev–Trinajstić information content (AvgIpc) is 3.97. The molecule has 0 saturated heterocycles. The lowest BCUT2D eigenvalue weighted by molar-refractivity contribution is 1.02. The van der Waals surface area contributed by atoms with Gasteiger partial charge in [-0.25, -0.2) is 9.97 Å². The number of rotatable bonds is 3. The molecule has 0 saturated carbocycles. The number of aromatic nitrogens is 5. The Kier molecular flexibility index (Phi) is 5.57. The molecular formula is C50H29N5. The minimum Gasteiger partial charge on any atom is -0.309 e. The zero-order valence-electron chi connectivity index (χ0n) is 29.5. The highest BCUT2D eigenvalue weighted by molar-refractivity contribution is 6.34. The Morgan fingerprint density at radius 3 is 1.65 bits per heavy atom. The zero-order valence-corrected chi connectivity index (χ0v) is 29.5. The third-order valence-electron chi connectivity index (χ3n) is 11.8. The average molecular weight is 700 g/mol. The monoisotopic (exact) mass is 699 g/mol. The van der Waals surface area contributed by atoms with Crippen LogP contribution in [0.5, 0.6) is 0 Å². The van der Waals surface area contributed by atoms with E-state index in [4.69, 9.17) is 9.97 Å². The second-order valence-corrected chi connectivity index (χ2v) is 14.6. The van der Waals surface area contributed by atoms with Crippen LogP contribution < -0.4 is 0 Å². The summed E-state index contributed by atoms with van der Waals surface area (Å²) in [6.45, 7) is 0. The lowest BCUT2D eigenvalue weighted by atomic mass is 10.0. The van der Waals surface area contributed by atoms with Crippen LogP contribution in [0.2, 0.25) is 0 Å². The van der Waals surface area contributed by atoms with Crippen molar-refractivity contribution in [2.24, 2.45) is 0 Å². The van der Waals surface area contributed by atoms with Crippen LogP contribution in [0.4, 0.5) is 0 Å². The molecule has 0 aliphatic rings. The molecule has 8 aromatic carbocycles. The minimum atomic E-state index is 0.659. The van der Waals surface area contributed by atoms with Crippen LogP contribution in [0, 0.1) is 0 Å². The summed E-state index contributed by atoms with van der Waals surface area (Å²) in [6, 6.07) is 63.2. The summed E-state index contributed by atoms with van der Waals surface area (Å²) in [6.07, 6.45) is 0. The molecule has 0 aliphatic carbocycles. The van der Waals surface area contributed by atoms with Crippen molar-refractivity contribution in [1.82, 2.24) is 23.5 Å². The molecule has 0 bridgehead atoms. The van der Waals surface area contributed by atoms with E-state index in [9.17, 15) is 0 Å². The first-order valence-corrected chi connectivity index (χ1v) is 18.8. The van der Waals surface area contributed by atoms with E-state index in [1.54, 1.807) is 0 Å². The van der Waals surface area contributed by atoms with Gasteiger partial charge in [-0.1, -0.05) is 121 Å². The largest absolute Gasteiger partial charge is 0.309 e. The Labute approximate surface area is 313 Å². The summed E-state index contributed by atoms with van der Waals surface area (Å²) in [5.41, 5.74) is 12.2. The fourth-order valence-electron chi connectivity index (χ4n) is 9.52. The van der Waals surface area contributed by atoms with E-state index in [1.807, 2.05) is 0 Å². The van der Waals surface area contributed by atoms with Crippen molar-refractivity contribution in [2.45, 2.75) is 0 Å². The predicted octanol–water partition coefficient (Wildman–Crippen LogP) is 12.6. The zero-order chi connectivity index (χ0) is 35.8. The Balaban J connectivity index is 1.17. The standard InChI is InChI=1S/C50H29N5/c1-2-14-31(15-3-1)53-41-22-10-5-16-32(41)35-27-26-30(28-45(35)53)47-36-19-4-9-21-40(36)51-50(52-47)55-43-24-12-7-18-34(43)39-29-38-33-17-6-11-23-42(33)54-44-25-13-8-20-37(44)46(48(38)54)49(39)55/h1-29H.